The van der Waals surface area contributed by atoms with Crippen LogP contribution in [0.25, 0.3) is 6.08 Å². The van der Waals surface area contributed by atoms with Crippen molar-refractivity contribution in [3.63, 3.8) is 0 Å². The number of carbonyl (C=O) groups is 3. The Labute approximate surface area is 185 Å². The highest BCUT2D eigenvalue weighted by Crippen LogP contribution is 2.29. The first-order valence-corrected chi connectivity index (χ1v) is 10.2. The standard InChI is InChI=1S/C26H21NO5/c1-2-5-17-8-11-19(12-9-17)31-14-15-32-26(30)27-18-10-13-22-23(16-18)25(29)21-7-4-3-6-20(21)24(22)28/h2-13,16H,14-15H2,1H3,(H,27,30). The second-order valence-corrected chi connectivity index (χ2v) is 7.14. The van der Waals surface area contributed by atoms with Crippen LogP contribution in [-0.2, 0) is 4.74 Å². The van der Waals surface area contributed by atoms with Gasteiger partial charge in [-0.25, -0.2) is 4.79 Å². The Morgan fingerprint density at radius 3 is 2.19 bits per heavy atom. The number of carbonyl (C=O) groups excluding carboxylic acids is 3. The molecule has 4 rings (SSSR count). The third-order valence-electron chi connectivity index (χ3n) is 5.00. The van der Waals surface area contributed by atoms with Crippen LogP contribution in [0.1, 0.15) is 44.3 Å². The van der Waals surface area contributed by atoms with Gasteiger partial charge in [-0.2, -0.15) is 0 Å². The highest BCUT2D eigenvalue weighted by molar-refractivity contribution is 6.28. The highest BCUT2D eigenvalue weighted by Gasteiger charge is 2.29. The van der Waals surface area contributed by atoms with Crippen molar-refractivity contribution in [1.82, 2.24) is 0 Å². The lowest BCUT2D eigenvalue weighted by molar-refractivity contribution is 0.0979. The Morgan fingerprint density at radius 1 is 0.844 bits per heavy atom. The Kier molecular flexibility index (Phi) is 6.12. The average Bonchev–Trinajstić information content (AvgIpc) is 2.81. The summed E-state index contributed by atoms with van der Waals surface area (Å²) in [5.74, 6) is 0.224. The van der Waals surface area contributed by atoms with Crippen molar-refractivity contribution in [2.24, 2.45) is 0 Å². The summed E-state index contributed by atoms with van der Waals surface area (Å²) in [6.45, 7) is 2.20. The largest absolute Gasteiger partial charge is 0.490 e. The van der Waals surface area contributed by atoms with Crippen LogP contribution in [0.5, 0.6) is 5.75 Å². The van der Waals surface area contributed by atoms with Gasteiger partial charge in [0.25, 0.3) is 0 Å². The molecule has 160 valence electrons. The number of fused-ring (bicyclic) bond motifs is 2. The summed E-state index contributed by atoms with van der Waals surface area (Å²) in [6.07, 6.45) is 3.27. The molecule has 1 aliphatic carbocycles. The van der Waals surface area contributed by atoms with Gasteiger partial charge < -0.3 is 9.47 Å². The van der Waals surface area contributed by atoms with E-state index in [2.05, 4.69) is 5.32 Å². The molecule has 3 aromatic rings. The number of ether oxygens (including phenoxy) is 2. The monoisotopic (exact) mass is 427 g/mol. The number of benzene rings is 3. The predicted octanol–water partition coefficient (Wildman–Crippen LogP) is 5.12. The molecule has 0 unspecified atom stereocenters. The van der Waals surface area contributed by atoms with Crippen molar-refractivity contribution in [2.75, 3.05) is 18.5 Å². The Balaban J connectivity index is 1.32. The molecule has 0 saturated heterocycles. The molecule has 0 atom stereocenters. The van der Waals surface area contributed by atoms with E-state index >= 15 is 0 Å². The fraction of sp³-hybridized carbons (Fsp3) is 0.115. The van der Waals surface area contributed by atoms with Gasteiger partial charge in [-0.05, 0) is 42.8 Å². The van der Waals surface area contributed by atoms with Crippen LogP contribution in [0.2, 0.25) is 0 Å². The molecule has 1 amide bonds. The molecule has 0 aromatic heterocycles. The third kappa shape index (κ3) is 4.44. The zero-order chi connectivity index (χ0) is 22.5. The minimum Gasteiger partial charge on any atom is -0.490 e. The van der Waals surface area contributed by atoms with Gasteiger partial charge in [0, 0.05) is 27.9 Å². The Morgan fingerprint density at radius 2 is 1.50 bits per heavy atom. The van der Waals surface area contributed by atoms with Gasteiger partial charge in [-0.3, -0.25) is 14.9 Å². The lowest BCUT2D eigenvalue weighted by Gasteiger charge is -2.18. The van der Waals surface area contributed by atoms with Crippen molar-refractivity contribution in [3.05, 3.63) is 101 Å². The van der Waals surface area contributed by atoms with E-state index in [4.69, 9.17) is 9.47 Å². The third-order valence-corrected chi connectivity index (χ3v) is 5.00. The first-order chi connectivity index (χ1) is 15.6. The SMILES string of the molecule is CC=Cc1ccc(OCCOC(=O)Nc2ccc3c(c2)C(=O)c2ccccc2C3=O)cc1. The molecule has 0 aliphatic heterocycles. The van der Waals surface area contributed by atoms with Gasteiger partial charge in [0.1, 0.15) is 19.0 Å². The zero-order valence-corrected chi connectivity index (χ0v) is 17.5. The molecule has 32 heavy (non-hydrogen) atoms. The maximum absolute atomic E-state index is 12.8. The summed E-state index contributed by atoms with van der Waals surface area (Å²) < 4.78 is 10.7. The fourth-order valence-electron chi connectivity index (χ4n) is 3.49. The normalized spacial score (nSPS) is 12.3. The molecule has 0 saturated carbocycles. The molecule has 0 radical (unpaired) electrons. The Hall–Kier alpha value is -4.19. The van der Waals surface area contributed by atoms with E-state index in [-0.39, 0.29) is 30.3 Å². The summed E-state index contributed by atoms with van der Waals surface area (Å²) in [7, 11) is 0. The topological polar surface area (TPSA) is 81.7 Å². The number of anilines is 1. The minimum absolute atomic E-state index is 0.0538. The number of hydrogen-bond donors (Lipinski definition) is 1. The van der Waals surface area contributed by atoms with Crippen LogP contribution in [0.4, 0.5) is 10.5 Å². The predicted molar refractivity (Wildman–Crippen MR) is 121 cm³/mol. The van der Waals surface area contributed by atoms with Crippen molar-refractivity contribution < 1.29 is 23.9 Å². The van der Waals surface area contributed by atoms with Gasteiger partial charge in [0.2, 0.25) is 0 Å². The maximum Gasteiger partial charge on any atom is 0.411 e. The number of rotatable bonds is 6. The average molecular weight is 427 g/mol. The molecule has 6 nitrogen and oxygen atoms in total. The van der Waals surface area contributed by atoms with Crippen LogP contribution in [0, 0.1) is 0 Å². The van der Waals surface area contributed by atoms with E-state index in [1.807, 2.05) is 43.3 Å². The summed E-state index contributed by atoms with van der Waals surface area (Å²) in [5, 5.41) is 2.58. The number of ketones is 2. The fourth-order valence-corrected chi connectivity index (χ4v) is 3.49. The maximum atomic E-state index is 12.8. The summed E-state index contributed by atoms with van der Waals surface area (Å²) >= 11 is 0. The van der Waals surface area contributed by atoms with E-state index < -0.39 is 6.09 Å². The lowest BCUT2D eigenvalue weighted by atomic mass is 9.84. The van der Waals surface area contributed by atoms with Crippen molar-refractivity contribution in [3.8, 4) is 5.75 Å². The van der Waals surface area contributed by atoms with Crippen LogP contribution in [-0.4, -0.2) is 30.9 Å². The molecule has 6 heteroatoms. The van der Waals surface area contributed by atoms with Gasteiger partial charge in [-0.1, -0.05) is 48.6 Å². The zero-order valence-electron chi connectivity index (χ0n) is 17.5. The smallest absolute Gasteiger partial charge is 0.411 e. The lowest BCUT2D eigenvalue weighted by Crippen LogP contribution is -2.22. The van der Waals surface area contributed by atoms with E-state index in [9.17, 15) is 14.4 Å². The number of allylic oxidation sites excluding steroid dienone is 1. The van der Waals surface area contributed by atoms with E-state index in [1.165, 1.54) is 6.07 Å². The van der Waals surface area contributed by atoms with Crippen LogP contribution < -0.4 is 10.1 Å². The molecule has 0 heterocycles. The Bertz CT molecular complexity index is 1210. The van der Waals surface area contributed by atoms with Crippen LogP contribution in [0.15, 0.2) is 72.8 Å². The van der Waals surface area contributed by atoms with Crippen LogP contribution in [0.3, 0.4) is 0 Å². The van der Waals surface area contributed by atoms with Gasteiger partial charge in [0.15, 0.2) is 11.6 Å². The van der Waals surface area contributed by atoms with Gasteiger partial charge in [-0.15, -0.1) is 0 Å². The molecule has 0 fully saturated rings. The highest BCUT2D eigenvalue weighted by atomic mass is 16.6. The molecule has 0 spiro atoms. The molecular weight excluding hydrogens is 406 g/mol. The van der Waals surface area contributed by atoms with Gasteiger partial charge in [0.05, 0.1) is 0 Å². The first kappa shape index (κ1) is 21.1. The number of nitrogens with one attached hydrogen (secondary N) is 1. The molecular formula is C26H21NO5. The van der Waals surface area contributed by atoms with Crippen molar-refractivity contribution in [1.29, 1.82) is 0 Å². The number of hydrogen-bond acceptors (Lipinski definition) is 5. The van der Waals surface area contributed by atoms with Crippen molar-refractivity contribution >= 4 is 29.4 Å². The van der Waals surface area contributed by atoms with Crippen molar-refractivity contribution in [2.45, 2.75) is 6.92 Å². The molecule has 0 bridgehead atoms. The summed E-state index contributed by atoms with van der Waals surface area (Å²) in [4.78, 5) is 37.5. The molecule has 1 N–H and O–H groups in total. The summed E-state index contributed by atoms with van der Waals surface area (Å²) in [5.41, 5.74) is 2.78. The number of amides is 1. The molecule has 3 aromatic carbocycles. The van der Waals surface area contributed by atoms with E-state index in [0.29, 0.717) is 28.1 Å². The van der Waals surface area contributed by atoms with Crippen LogP contribution >= 0.6 is 0 Å². The first-order valence-electron chi connectivity index (χ1n) is 10.2. The van der Waals surface area contributed by atoms with E-state index in [0.717, 1.165) is 5.56 Å². The van der Waals surface area contributed by atoms with E-state index in [1.54, 1.807) is 36.4 Å². The molecule has 1 aliphatic rings. The second-order valence-electron chi connectivity index (χ2n) is 7.14. The van der Waals surface area contributed by atoms with Gasteiger partial charge >= 0.3 is 6.09 Å². The second kappa shape index (κ2) is 9.31. The summed E-state index contributed by atoms with van der Waals surface area (Å²) in [6, 6.07) is 18.9. The quantitative estimate of drug-likeness (QED) is 0.432. The minimum atomic E-state index is -0.674.